The summed E-state index contributed by atoms with van der Waals surface area (Å²) >= 11 is 0. The van der Waals surface area contributed by atoms with E-state index in [1.54, 1.807) is 42.5 Å². The normalized spacial score (nSPS) is 16.8. The van der Waals surface area contributed by atoms with Crippen LogP contribution in [0.1, 0.15) is 31.0 Å². The van der Waals surface area contributed by atoms with Crippen molar-refractivity contribution in [2.75, 3.05) is 18.1 Å². The molecule has 0 aromatic heterocycles. The van der Waals surface area contributed by atoms with Gasteiger partial charge in [-0.15, -0.1) is 0 Å². The first-order valence-electron chi connectivity index (χ1n) is 12.3. The largest absolute Gasteiger partial charge is 0.507 e. The summed E-state index contributed by atoms with van der Waals surface area (Å²) in [6.07, 6.45) is 0. The minimum atomic E-state index is -0.826. The number of carbonyl (C=O) groups is 2. The Hall–Kier alpha value is -4.58. The van der Waals surface area contributed by atoms with Crippen LogP contribution in [0.25, 0.3) is 16.5 Å². The highest BCUT2D eigenvalue weighted by Gasteiger charge is 2.47. The lowest BCUT2D eigenvalue weighted by molar-refractivity contribution is -0.132. The molecule has 6 heteroatoms. The molecule has 5 rings (SSSR count). The summed E-state index contributed by atoms with van der Waals surface area (Å²) in [4.78, 5) is 28.4. The van der Waals surface area contributed by atoms with Gasteiger partial charge in [0.15, 0.2) is 0 Å². The predicted molar refractivity (Wildman–Crippen MR) is 144 cm³/mol. The standard InChI is InChI=1S/C31H27NO5/c1-3-36-23-16-12-21(13-17-23)28-27(29(33)26-11-7-9-20-8-5-6-10-25(20)26)30(34)31(35)32(28)22-14-18-24(19-15-22)37-4-2/h5-19,28,33H,3-4H2,1-2H3/b29-27-. The number of carbonyl (C=O) groups excluding carboxylic acids is 2. The van der Waals surface area contributed by atoms with Crippen molar-refractivity contribution in [3.8, 4) is 11.5 Å². The molecule has 37 heavy (non-hydrogen) atoms. The first kappa shape index (κ1) is 24.1. The number of Topliss-reactive ketones (excluding diaryl/α,β-unsaturated/α-hetero) is 1. The van der Waals surface area contributed by atoms with Crippen molar-refractivity contribution in [3.63, 3.8) is 0 Å². The summed E-state index contributed by atoms with van der Waals surface area (Å²) in [7, 11) is 0. The minimum absolute atomic E-state index is 0.0411. The summed E-state index contributed by atoms with van der Waals surface area (Å²) in [5.74, 6) is -0.306. The molecule has 1 aliphatic rings. The van der Waals surface area contributed by atoms with E-state index in [0.29, 0.717) is 41.5 Å². The lowest BCUT2D eigenvalue weighted by Crippen LogP contribution is -2.29. The van der Waals surface area contributed by atoms with Gasteiger partial charge in [0.1, 0.15) is 17.3 Å². The lowest BCUT2D eigenvalue weighted by atomic mass is 9.93. The maximum Gasteiger partial charge on any atom is 0.300 e. The number of aliphatic hydroxyl groups excluding tert-OH is 1. The molecule has 0 spiro atoms. The van der Waals surface area contributed by atoms with Crippen molar-refractivity contribution in [1.29, 1.82) is 0 Å². The molecule has 1 saturated heterocycles. The van der Waals surface area contributed by atoms with Crippen LogP contribution in [0.3, 0.4) is 0 Å². The van der Waals surface area contributed by atoms with Crippen LogP contribution in [0.5, 0.6) is 11.5 Å². The Morgan fingerprint density at radius 1 is 0.784 bits per heavy atom. The third-order valence-electron chi connectivity index (χ3n) is 6.42. The summed E-state index contributed by atoms with van der Waals surface area (Å²) in [6, 6.07) is 26.6. The molecule has 1 unspecified atom stereocenters. The predicted octanol–water partition coefficient (Wildman–Crippen LogP) is 6.26. The van der Waals surface area contributed by atoms with Crippen LogP contribution in [0, 0.1) is 0 Å². The highest BCUT2D eigenvalue weighted by Crippen LogP contribution is 2.43. The van der Waals surface area contributed by atoms with Gasteiger partial charge in [0.05, 0.1) is 24.8 Å². The summed E-state index contributed by atoms with van der Waals surface area (Å²) in [5.41, 5.74) is 1.75. The second kappa shape index (κ2) is 10.2. The van der Waals surface area contributed by atoms with Crippen LogP contribution in [0.2, 0.25) is 0 Å². The number of hydrogen-bond acceptors (Lipinski definition) is 5. The van der Waals surface area contributed by atoms with Gasteiger partial charge in [-0.1, -0.05) is 54.6 Å². The highest BCUT2D eigenvalue weighted by molar-refractivity contribution is 6.51. The highest BCUT2D eigenvalue weighted by atomic mass is 16.5. The van der Waals surface area contributed by atoms with Gasteiger partial charge < -0.3 is 14.6 Å². The quantitative estimate of drug-likeness (QED) is 0.187. The topological polar surface area (TPSA) is 76.1 Å². The molecule has 1 N–H and O–H groups in total. The molecule has 1 amide bonds. The fourth-order valence-corrected chi connectivity index (χ4v) is 4.77. The van der Waals surface area contributed by atoms with Gasteiger partial charge in [0.25, 0.3) is 11.7 Å². The molecular formula is C31H27NO5. The van der Waals surface area contributed by atoms with E-state index in [1.165, 1.54) is 4.90 Å². The molecule has 0 radical (unpaired) electrons. The number of nitrogens with zero attached hydrogens (tertiary/aromatic N) is 1. The number of rotatable bonds is 7. The SMILES string of the molecule is CCOc1ccc(C2/C(=C(/O)c3cccc4ccccc34)C(=O)C(=O)N2c2ccc(OCC)cc2)cc1. The Bertz CT molecular complexity index is 1480. The molecule has 1 fully saturated rings. The fourth-order valence-electron chi connectivity index (χ4n) is 4.77. The molecular weight excluding hydrogens is 466 g/mol. The summed E-state index contributed by atoms with van der Waals surface area (Å²) in [6.45, 7) is 4.83. The summed E-state index contributed by atoms with van der Waals surface area (Å²) in [5, 5.41) is 13.3. The number of hydrogen-bond donors (Lipinski definition) is 1. The van der Waals surface area contributed by atoms with E-state index >= 15 is 0 Å². The molecule has 0 saturated carbocycles. The van der Waals surface area contributed by atoms with Gasteiger partial charge >= 0.3 is 0 Å². The number of benzene rings is 4. The van der Waals surface area contributed by atoms with E-state index in [-0.39, 0.29) is 11.3 Å². The molecule has 0 aliphatic carbocycles. The third kappa shape index (κ3) is 4.42. The number of ketones is 1. The van der Waals surface area contributed by atoms with Crippen LogP contribution in [0.4, 0.5) is 5.69 Å². The monoisotopic (exact) mass is 493 g/mol. The van der Waals surface area contributed by atoms with Gasteiger partial charge in [0, 0.05) is 11.3 Å². The van der Waals surface area contributed by atoms with E-state index in [9.17, 15) is 14.7 Å². The molecule has 1 atom stereocenters. The van der Waals surface area contributed by atoms with Crippen molar-refractivity contribution >= 4 is 33.9 Å². The Kier molecular flexibility index (Phi) is 6.64. The Morgan fingerprint density at radius 2 is 1.38 bits per heavy atom. The molecule has 0 bridgehead atoms. The molecule has 186 valence electrons. The molecule has 1 heterocycles. The maximum atomic E-state index is 13.5. The van der Waals surface area contributed by atoms with Crippen molar-refractivity contribution < 1.29 is 24.2 Å². The number of fused-ring (bicyclic) bond motifs is 1. The molecule has 4 aromatic rings. The van der Waals surface area contributed by atoms with E-state index < -0.39 is 17.7 Å². The molecule has 6 nitrogen and oxygen atoms in total. The first-order chi connectivity index (χ1) is 18.0. The van der Waals surface area contributed by atoms with Gasteiger partial charge in [-0.2, -0.15) is 0 Å². The zero-order chi connectivity index (χ0) is 25.9. The van der Waals surface area contributed by atoms with Crippen LogP contribution >= 0.6 is 0 Å². The van der Waals surface area contributed by atoms with Crippen molar-refractivity contribution in [2.45, 2.75) is 19.9 Å². The second-order valence-corrected chi connectivity index (χ2v) is 8.62. The zero-order valence-corrected chi connectivity index (χ0v) is 20.7. The van der Waals surface area contributed by atoms with E-state index in [1.807, 2.05) is 62.4 Å². The first-order valence-corrected chi connectivity index (χ1v) is 12.3. The van der Waals surface area contributed by atoms with Crippen LogP contribution < -0.4 is 14.4 Å². The average molecular weight is 494 g/mol. The number of aliphatic hydroxyl groups is 1. The van der Waals surface area contributed by atoms with Gasteiger partial charge in [-0.25, -0.2) is 0 Å². The Balaban J connectivity index is 1.70. The van der Waals surface area contributed by atoms with Crippen molar-refractivity contribution in [1.82, 2.24) is 0 Å². The van der Waals surface area contributed by atoms with Gasteiger partial charge in [-0.3, -0.25) is 14.5 Å². The maximum absolute atomic E-state index is 13.5. The zero-order valence-electron chi connectivity index (χ0n) is 20.7. The van der Waals surface area contributed by atoms with Gasteiger partial charge in [0.2, 0.25) is 0 Å². The van der Waals surface area contributed by atoms with E-state index in [2.05, 4.69) is 0 Å². The van der Waals surface area contributed by atoms with E-state index in [0.717, 1.165) is 10.8 Å². The Morgan fingerprint density at radius 3 is 2.03 bits per heavy atom. The van der Waals surface area contributed by atoms with E-state index in [4.69, 9.17) is 9.47 Å². The van der Waals surface area contributed by atoms with Crippen LogP contribution in [-0.4, -0.2) is 30.0 Å². The molecule has 4 aromatic carbocycles. The minimum Gasteiger partial charge on any atom is -0.507 e. The Labute approximate surface area is 215 Å². The number of amides is 1. The smallest absolute Gasteiger partial charge is 0.300 e. The average Bonchev–Trinajstić information content (AvgIpc) is 3.19. The second-order valence-electron chi connectivity index (χ2n) is 8.62. The number of ether oxygens (including phenoxy) is 2. The van der Waals surface area contributed by atoms with Crippen molar-refractivity contribution in [3.05, 3.63) is 108 Å². The van der Waals surface area contributed by atoms with Crippen LogP contribution in [-0.2, 0) is 9.59 Å². The number of anilines is 1. The molecule has 1 aliphatic heterocycles. The lowest BCUT2D eigenvalue weighted by Gasteiger charge is -2.26. The fraction of sp³-hybridized carbons (Fsp3) is 0.161. The van der Waals surface area contributed by atoms with Crippen LogP contribution in [0.15, 0.2) is 96.6 Å². The van der Waals surface area contributed by atoms with Crippen molar-refractivity contribution in [2.24, 2.45) is 0 Å². The third-order valence-corrected chi connectivity index (χ3v) is 6.42. The van der Waals surface area contributed by atoms with Gasteiger partial charge in [-0.05, 0) is 66.6 Å². The summed E-state index contributed by atoms with van der Waals surface area (Å²) < 4.78 is 11.1.